The highest BCUT2D eigenvalue weighted by Crippen LogP contribution is 2.40. The maximum Gasteiger partial charge on any atom is 0.352 e. The Morgan fingerprint density at radius 3 is 2.90 bits per heavy atom. The summed E-state index contributed by atoms with van der Waals surface area (Å²) < 4.78 is 0. The highest BCUT2D eigenvalue weighted by Gasteiger charge is 2.54. The Morgan fingerprint density at radius 2 is 2.31 bits per heavy atom. The van der Waals surface area contributed by atoms with Crippen molar-refractivity contribution in [2.45, 2.75) is 24.8 Å². The number of allylic oxidation sites excluding steroid dienone is 2. The second kappa shape index (κ2) is 8.66. The van der Waals surface area contributed by atoms with Gasteiger partial charge in [-0.2, -0.15) is 0 Å². The summed E-state index contributed by atoms with van der Waals surface area (Å²) in [4.78, 5) is 47.0. The third-order valence-corrected chi connectivity index (χ3v) is 6.18. The number of anilines is 1. The van der Waals surface area contributed by atoms with Gasteiger partial charge < -0.3 is 21.0 Å². The fourth-order valence-electron chi connectivity index (χ4n) is 2.93. The molecule has 1 saturated heterocycles. The number of carboxylic acids is 1. The second-order valence-corrected chi connectivity index (χ2v) is 8.04. The molecule has 0 saturated carbocycles. The molecule has 0 aliphatic carbocycles. The minimum Gasteiger partial charge on any atom is -0.477 e. The first-order chi connectivity index (χ1) is 13.9. The number of carbonyl (C=O) groups is 3. The Bertz CT molecular complexity index is 938. The lowest BCUT2D eigenvalue weighted by Crippen LogP contribution is -2.71. The number of nitrogens with one attached hydrogen (secondary N) is 1. The number of thioether (sulfide) groups is 1. The van der Waals surface area contributed by atoms with Crippen LogP contribution in [0, 0.1) is 0 Å². The Kier molecular flexibility index (Phi) is 6.23. The third-order valence-electron chi connectivity index (χ3n) is 4.20. The van der Waals surface area contributed by atoms with Crippen molar-refractivity contribution in [3.8, 4) is 0 Å². The summed E-state index contributed by atoms with van der Waals surface area (Å²) >= 11 is 2.52. The molecule has 12 heteroatoms. The molecular formula is C17H19N5O5S2. The van der Waals surface area contributed by atoms with Crippen molar-refractivity contribution >= 4 is 51.7 Å². The molecular weight excluding hydrogens is 418 g/mol. The van der Waals surface area contributed by atoms with Gasteiger partial charge in [0.15, 0.2) is 10.8 Å². The summed E-state index contributed by atoms with van der Waals surface area (Å²) in [5, 5.41) is 17.2. The number of carbonyl (C=O) groups excluding carboxylic acids is 2. The van der Waals surface area contributed by atoms with Crippen LogP contribution in [0.15, 0.2) is 34.0 Å². The first-order valence-electron chi connectivity index (χ1n) is 8.60. The van der Waals surface area contributed by atoms with E-state index in [9.17, 15) is 19.5 Å². The zero-order chi connectivity index (χ0) is 21.1. The Labute approximate surface area is 174 Å². The molecule has 29 heavy (non-hydrogen) atoms. The Balaban J connectivity index is 1.80. The quantitative estimate of drug-likeness (QED) is 0.322. The average molecular weight is 438 g/mol. The molecule has 0 unspecified atom stereocenters. The van der Waals surface area contributed by atoms with Crippen LogP contribution in [-0.4, -0.2) is 62.8 Å². The molecule has 2 atom stereocenters. The van der Waals surface area contributed by atoms with Gasteiger partial charge in [-0.3, -0.25) is 14.5 Å². The van der Waals surface area contributed by atoms with Crippen molar-refractivity contribution in [3.63, 3.8) is 0 Å². The fourth-order valence-corrected chi connectivity index (χ4v) is 4.80. The number of hydrogen-bond acceptors (Lipinski definition) is 9. The van der Waals surface area contributed by atoms with Crippen LogP contribution in [0.25, 0.3) is 0 Å². The maximum absolute atomic E-state index is 12.7. The van der Waals surface area contributed by atoms with Crippen LogP contribution < -0.4 is 11.1 Å². The van der Waals surface area contributed by atoms with Crippen molar-refractivity contribution in [1.82, 2.24) is 15.2 Å². The summed E-state index contributed by atoms with van der Waals surface area (Å²) in [6.45, 7) is 1.94. The molecule has 1 aromatic heterocycles. The minimum absolute atomic E-state index is 0.0491. The lowest BCUT2D eigenvalue weighted by Gasteiger charge is -2.49. The zero-order valence-corrected chi connectivity index (χ0v) is 17.2. The predicted octanol–water partition coefficient (Wildman–Crippen LogP) is 0.781. The van der Waals surface area contributed by atoms with Gasteiger partial charge in [-0.1, -0.05) is 24.2 Å². The van der Waals surface area contributed by atoms with E-state index in [2.05, 4.69) is 15.5 Å². The monoisotopic (exact) mass is 437 g/mol. The lowest BCUT2D eigenvalue weighted by molar-refractivity contribution is -0.150. The predicted molar refractivity (Wildman–Crippen MR) is 109 cm³/mol. The van der Waals surface area contributed by atoms with E-state index < -0.39 is 29.2 Å². The van der Waals surface area contributed by atoms with Crippen LogP contribution in [0.1, 0.15) is 19.0 Å². The van der Waals surface area contributed by atoms with E-state index in [4.69, 9.17) is 10.6 Å². The van der Waals surface area contributed by atoms with Gasteiger partial charge >= 0.3 is 5.97 Å². The number of aromatic nitrogens is 1. The summed E-state index contributed by atoms with van der Waals surface area (Å²) in [5.74, 6) is -1.91. The van der Waals surface area contributed by atoms with Crippen LogP contribution in [0.4, 0.5) is 5.13 Å². The molecule has 0 aromatic carbocycles. The normalized spacial score (nSPS) is 21.8. The number of nitrogen functional groups attached to an aromatic ring is 1. The van der Waals surface area contributed by atoms with Gasteiger partial charge in [0.25, 0.3) is 11.8 Å². The highest BCUT2D eigenvalue weighted by molar-refractivity contribution is 8.00. The van der Waals surface area contributed by atoms with Crippen molar-refractivity contribution in [3.05, 3.63) is 34.5 Å². The van der Waals surface area contributed by atoms with Gasteiger partial charge in [0.05, 0.1) is 0 Å². The van der Waals surface area contributed by atoms with E-state index in [-0.39, 0.29) is 22.2 Å². The molecule has 10 nitrogen and oxygen atoms in total. The van der Waals surface area contributed by atoms with E-state index in [0.717, 1.165) is 17.8 Å². The molecule has 154 valence electrons. The van der Waals surface area contributed by atoms with Gasteiger partial charge in [0.1, 0.15) is 29.9 Å². The number of fused-ring (bicyclic) bond motifs is 1. The van der Waals surface area contributed by atoms with E-state index in [0.29, 0.717) is 11.3 Å². The SMILES string of the molecule is CCC=CC1=C(C(=O)O)N2C(=O)[C@@H](NC(=O)C(=NOC)c3csc(N)n3)[C@@H]2SC1. The summed E-state index contributed by atoms with van der Waals surface area (Å²) in [5.41, 5.74) is 6.23. The van der Waals surface area contributed by atoms with Crippen LogP contribution in [0.5, 0.6) is 0 Å². The first-order valence-corrected chi connectivity index (χ1v) is 10.5. The van der Waals surface area contributed by atoms with E-state index >= 15 is 0 Å². The molecule has 0 bridgehead atoms. The number of hydrogen-bond donors (Lipinski definition) is 3. The topological polar surface area (TPSA) is 147 Å². The number of aliphatic carboxylic acids is 1. The number of β-lactam (4-membered cyclic amide) rings is 1. The number of nitrogens with two attached hydrogens (primary N) is 1. The van der Waals surface area contributed by atoms with Crippen molar-refractivity contribution < 1.29 is 24.3 Å². The number of carboxylic acid groups (broad SMARTS) is 1. The van der Waals surface area contributed by atoms with Crippen LogP contribution in [0.3, 0.4) is 0 Å². The molecule has 3 heterocycles. The molecule has 4 N–H and O–H groups in total. The number of thiazole rings is 1. The van der Waals surface area contributed by atoms with Crippen molar-refractivity contribution in [2.75, 3.05) is 18.6 Å². The molecule has 0 spiro atoms. The van der Waals surface area contributed by atoms with E-state index in [1.165, 1.54) is 23.8 Å². The number of rotatable bonds is 7. The van der Waals surface area contributed by atoms with Gasteiger partial charge in [-0.05, 0) is 12.0 Å². The summed E-state index contributed by atoms with van der Waals surface area (Å²) in [6.07, 6.45) is 4.32. The van der Waals surface area contributed by atoms with Gasteiger partial charge in [-0.25, -0.2) is 9.78 Å². The summed E-state index contributed by atoms with van der Waals surface area (Å²) in [6, 6.07) is -0.878. The molecule has 3 rings (SSSR count). The van der Waals surface area contributed by atoms with Gasteiger partial charge in [-0.15, -0.1) is 23.1 Å². The Morgan fingerprint density at radius 1 is 1.55 bits per heavy atom. The van der Waals surface area contributed by atoms with Gasteiger partial charge in [0.2, 0.25) is 0 Å². The molecule has 0 radical (unpaired) electrons. The molecule has 2 aliphatic rings. The van der Waals surface area contributed by atoms with Crippen molar-refractivity contribution in [2.24, 2.45) is 5.16 Å². The zero-order valence-electron chi connectivity index (χ0n) is 15.6. The van der Waals surface area contributed by atoms with E-state index in [1.807, 2.05) is 13.0 Å². The maximum atomic E-state index is 12.7. The Hall–Kier alpha value is -2.86. The lowest BCUT2D eigenvalue weighted by atomic mass is 10.0. The largest absolute Gasteiger partial charge is 0.477 e. The molecule has 1 fully saturated rings. The average Bonchev–Trinajstić information content (AvgIpc) is 3.13. The molecule has 1 aromatic rings. The summed E-state index contributed by atoms with van der Waals surface area (Å²) in [7, 11) is 1.28. The fraction of sp³-hybridized carbons (Fsp3) is 0.353. The second-order valence-electron chi connectivity index (χ2n) is 6.04. The number of oxime groups is 1. The van der Waals surface area contributed by atoms with Crippen LogP contribution in [-0.2, 0) is 19.2 Å². The van der Waals surface area contributed by atoms with Crippen LogP contribution in [0.2, 0.25) is 0 Å². The smallest absolute Gasteiger partial charge is 0.352 e. The number of amides is 2. The highest BCUT2D eigenvalue weighted by atomic mass is 32.2. The number of nitrogens with zero attached hydrogens (tertiary/aromatic N) is 3. The molecule has 2 aliphatic heterocycles. The van der Waals surface area contributed by atoms with Crippen molar-refractivity contribution in [1.29, 1.82) is 0 Å². The van der Waals surface area contributed by atoms with E-state index in [1.54, 1.807) is 11.5 Å². The molecule has 2 amide bonds. The minimum atomic E-state index is -1.18. The third kappa shape index (κ3) is 3.98. The van der Waals surface area contributed by atoms with Crippen LogP contribution >= 0.6 is 23.1 Å². The standard InChI is InChI=1S/C17H19N5O5S2/c1-3-4-5-8-6-28-15-11(14(24)22(15)12(8)16(25)26)20-13(23)10(21-27-2)9-7-29-17(18)19-9/h4-5,7,11,15H,3,6H2,1-2H3,(H2,18,19)(H,20,23)(H,25,26)/t11-,15+/m1/s1. The van der Waals surface area contributed by atoms with Gasteiger partial charge in [0, 0.05) is 11.1 Å². The first kappa shape index (κ1) is 20.9.